The van der Waals surface area contributed by atoms with Crippen LogP contribution in [0.3, 0.4) is 0 Å². The lowest BCUT2D eigenvalue weighted by atomic mass is 9.98. The highest BCUT2D eigenvalue weighted by Crippen LogP contribution is 2.23. The van der Waals surface area contributed by atoms with Crippen molar-refractivity contribution in [1.29, 1.82) is 0 Å². The fourth-order valence-electron chi connectivity index (χ4n) is 3.21. The Balaban J connectivity index is 1.54. The van der Waals surface area contributed by atoms with E-state index in [4.69, 9.17) is 0 Å². The standard InChI is InChI=1S/C20H25N3O/c1-16(17-9-11-21-12-10-17)15-20(24)22-18-5-7-19(8-6-18)23-13-3-2-4-14-23/h5-12,16H,2-4,13-15H2,1H3,(H,22,24)/t16-/m1/s1. The first kappa shape index (κ1) is 16.5. The number of benzene rings is 1. The molecule has 1 N–H and O–H groups in total. The molecular weight excluding hydrogens is 298 g/mol. The fraction of sp³-hybridized carbons (Fsp3) is 0.400. The van der Waals surface area contributed by atoms with Crippen molar-refractivity contribution in [3.05, 3.63) is 54.4 Å². The van der Waals surface area contributed by atoms with Gasteiger partial charge in [-0.3, -0.25) is 9.78 Å². The Morgan fingerprint density at radius 3 is 2.42 bits per heavy atom. The zero-order chi connectivity index (χ0) is 16.8. The Kier molecular flexibility index (Phi) is 5.47. The van der Waals surface area contributed by atoms with Crippen molar-refractivity contribution in [2.45, 2.75) is 38.5 Å². The van der Waals surface area contributed by atoms with Gasteiger partial charge in [-0.1, -0.05) is 6.92 Å². The molecule has 1 aliphatic heterocycles. The number of aromatic nitrogens is 1. The maximum absolute atomic E-state index is 12.2. The number of piperidine rings is 1. The molecule has 0 unspecified atom stereocenters. The number of carbonyl (C=O) groups excluding carboxylic acids is 1. The minimum atomic E-state index is 0.0463. The smallest absolute Gasteiger partial charge is 0.224 e. The van der Waals surface area contributed by atoms with Gasteiger partial charge in [-0.05, 0) is 67.1 Å². The molecule has 3 rings (SSSR count). The van der Waals surface area contributed by atoms with Gasteiger partial charge in [-0.25, -0.2) is 0 Å². The number of amides is 1. The predicted molar refractivity (Wildman–Crippen MR) is 98.4 cm³/mol. The Morgan fingerprint density at radius 2 is 1.75 bits per heavy atom. The van der Waals surface area contributed by atoms with Crippen LogP contribution in [0.1, 0.15) is 44.1 Å². The van der Waals surface area contributed by atoms with E-state index in [1.165, 1.54) is 24.9 Å². The molecule has 1 saturated heterocycles. The lowest BCUT2D eigenvalue weighted by molar-refractivity contribution is -0.116. The van der Waals surface area contributed by atoms with Crippen molar-refractivity contribution >= 4 is 17.3 Å². The molecule has 0 aliphatic carbocycles. The number of nitrogens with zero attached hydrogens (tertiary/aromatic N) is 2. The lowest BCUT2D eigenvalue weighted by Gasteiger charge is -2.28. The van der Waals surface area contributed by atoms with Crippen LogP contribution in [0.2, 0.25) is 0 Å². The highest BCUT2D eigenvalue weighted by Gasteiger charge is 2.13. The molecular formula is C20H25N3O. The average molecular weight is 323 g/mol. The number of anilines is 2. The largest absolute Gasteiger partial charge is 0.372 e. The van der Waals surface area contributed by atoms with E-state index in [9.17, 15) is 4.79 Å². The van der Waals surface area contributed by atoms with Crippen LogP contribution in [0, 0.1) is 0 Å². The molecule has 2 aromatic rings. The van der Waals surface area contributed by atoms with Crippen molar-refractivity contribution < 1.29 is 4.79 Å². The molecule has 0 spiro atoms. The molecule has 0 bridgehead atoms. The quantitative estimate of drug-likeness (QED) is 0.897. The van der Waals surface area contributed by atoms with Gasteiger partial charge in [0.1, 0.15) is 0 Å². The lowest BCUT2D eigenvalue weighted by Crippen LogP contribution is -2.29. The van der Waals surface area contributed by atoms with Crippen LogP contribution < -0.4 is 10.2 Å². The normalized spacial score (nSPS) is 15.8. The minimum Gasteiger partial charge on any atom is -0.372 e. The molecule has 126 valence electrons. The van der Waals surface area contributed by atoms with Gasteiger partial charge in [-0.15, -0.1) is 0 Å². The van der Waals surface area contributed by atoms with Crippen molar-refractivity contribution in [3.8, 4) is 0 Å². The van der Waals surface area contributed by atoms with E-state index in [1.807, 2.05) is 24.3 Å². The van der Waals surface area contributed by atoms with Gasteiger partial charge in [0, 0.05) is 43.3 Å². The summed E-state index contributed by atoms with van der Waals surface area (Å²) in [4.78, 5) is 18.7. The second kappa shape index (κ2) is 7.95. The van der Waals surface area contributed by atoms with Crippen LogP contribution in [0.15, 0.2) is 48.8 Å². The number of hydrogen-bond donors (Lipinski definition) is 1. The van der Waals surface area contributed by atoms with Gasteiger partial charge in [0.05, 0.1) is 0 Å². The van der Waals surface area contributed by atoms with E-state index in [0.29, 0.717) is 6.42 Å². The first-order valence-electron chi connectivity index (χ1n) is 8.77. The molecule has 24 heavy (non-hydrogen) atoms. The molecule has 1 aromatic heterocycles. The van der Waals surface area contributed by atoms with E-state index < -0.39 is 0 Å². The average Bonchev–Trinajstić information content (AvgIpc) is 2.64. The Morgan fingerprint density at radius 1 is 1.08 bits per heavy atom. The summed E-state index contributed by atoms with van der Waals surface area (Å²) in [5, 5.41) is 3.00. The molecule has 1 aromatic carbocycles. The van der Waals surface area contributed by atoms with Crippen LogP contribution in [0.25, 0.3) is 0 Å². The Hall–Kier alpha value is -2.36. The third-order valence-corrected chi connectivity index (χ3v) is 4.64. The number of hydrogen-bond acceptors (Lipinski definition) is 3. The van der Waals surface area contributed by atoms with Crippen LogP contribution in [0.4, 0.5) is 11.4 Å². The molecule has 4 nitrogen and oxygen atoms in total. The molecule has 4 heteroatoms. The van der Waals surface area contributed by atoms with Crippen molar-refractivity contribution in [3.63, 3.8) is 0 Å². The van der Waals surface area contributed by atoms with E-state index in [2.05, 4.69) is 34.3 Å². The highest BCUT2D eigenvalue weighted by molar-refractivity contribution is 5.91. The summed E-state index contributed by atoms with van der Waals surface area (Å²) in [6, 6.07) is 12.1. The van der Waals surface area contributed by atoms with Crippen molar-refractivity contribution in [2.75, 3.05) is 23.3 Å². The zero-order valence-corrected chi connectivity index (χ0v) is 14.2. The van der Waals surface area contributed by atoms with Crippen LogP contribution >= 0.6 is 0 Å². The van der Waals surface area contributed by atoms with Gasteiger partial charge in [0.2, 0.25) is 5.91 Å². The predicted octanol–water partition coefficient (Wildman–Crippen LogP) is 4.20. The summed E-state index contributed by atoms with van der Waals surface area (Å²) >= 11 is 0. The maximum Gasteiger partial charge on any atom is 0.224 e. The van der Waals surface area contributed by atoms with Gasteiger partial charge in [0.15, 0.2) is 0 Å². The number of carbonyl (C=O) groups is 1. The van der Waals surface area contributed by atoms with Crippen molar-refractivity contribution in [2.24, 2.45) is 0 Å². The van der Waals surface area contributed by atoms with Crippen LogP contribution in [-0.2, 0) is 4.79 Å². The summed E-state index contributed by atoms with van der Waals surface area (Å²) in [5.74, 6) is 0.227. The van der Waals surface area contributed by atoms with E-state index in [1.54, 1.807) is 12.4 Å². The van der Waals surface area contributed by atoms with Gasteiger partial charge >= 0.3 is 0 Å². The molecule has 1 amide bonds. The molecule has 2 heterocycles. The topological polar surface area (TPSA) is 45.2 Å². The van der Waals surface area contributed by atoms with Crippen LogP contribution in [0.5, 0.6) is 0 Å². The fourth-order valence-corrected chi connectivity index (χ4v) is 3.21. The third kappa shape index (κ3) is 4.34. The summed E-state index contributed by atoms with van der Waals surface area (Å²) in [6.07, 6.45) is 7.88. The van der Waals surface area contributed by atoms with Gasteiger partial charge in [-0.2, -0.15) is 0 Å². The molecule has 0 radical (unpaired) electrons. The molecule has 1 aliphatic rings. The molecule has 1 fully saturated rings. The maximum atomic E-state index is 12.2. The number of pyridine rings is 1. The highest BCUT2D eigenvalue weighted by atomic mass is 16.1. The summed E-state index contributed by atoms with van der Waals surface area (Å²) in [6.45, 7) is 4.33. The number of nitrogens with one attached hydrogen (secondary N) is 1. The van der Waals surface area contributed by atoms with E-state index in [0.717, 1.165) is 24.3 Å². The summed E-state index contributed by atoms with van der Waals surface area (Å²) < 4.78 is 0. The van der Waals surface area contributed by atoms with Gasteiger partial charge in [0.25, 0.3) is 0 Å². The first-order valence-corrected chi connectivity index (χ1v) is 8.77. The number of rotatable bonds is 5. The second-order valence-corrected chi connectivity index (χ2v) is 6.53. The minimum absolute atomic E-state index is 0.0463. The monoisotopic (exact) mass is 323 g/mol. The summed E-state index contributed by atoms with van der Waals surface area (Å²) in [7, 11) is 0. The summed E-state index contributed by atoms with van der Waals surface area (Å²) in [5.41, 5.74) is 3.25. The molecule has 1 atom stereocenters. The van der Waals surface area contributed by atoms with Crippen LogP contribution in [-0.4, -0.2) is 24.0 Å². The zero-order valence-electron chi connectivity index (χ0n) is 14.2. The van der Waals surface area contributed by atoms with Gasteiger partial charge < -0.3 is 10.2 Å². The van der Waals surface area contributed by atoms with E-state index in [-0.39, 0.29) is 11.8 Å². The molecule has 0 saturated carbocycles. The van der Waals surface area contributed by atoms with Crippen molar-refractivity contribution in [1.82, 2.24) is 4.98 Å². The Labute approximate surface area is 143 Å². The third-order valence-electron chi connectivity index (χ3n) is 4.64. The second-order valence-electron chi connectivity index (χ2n) is 6.53. The SMILES string of the molecule is C[C@H](CC(=O)Nc1ccc(N2CCCCC2)cc1)c1ccncc1. The Bertz CT molecular complexity index is 648. The van der Waals surface area contributed by atoms with E-state index >= 15 is 0 Å². The first-order chi connectivity index (χ1) is 11.7.